The predicted molar refractivity (Wildman–Crippen MR) is 116 cm³/mol. The van der Waals surface area contributed by atoms with Gasteiger partial charge in [0.05, 0.1) is 13.2 Å². The highest BCUT2D eigenvalue weighted by Crippen LogP contribution is 2.32. The van der Waals surface area contributed by atoms with Gasteiger partial charge in [0.1, 0.15) is 16.4 Å². The topological polar surface area (TPSA) is 59.1 Å². The fraction of sp³-hybridized carbons (Fsp3) is 0.455. The third kappa shape index (κ3) is 4.67. The molecule has 0 aliphatic carbocycles. The van der Waals surface area contributed by atoms with Gasteiger partial charge in [-0.25, -0.2) is 8.42 Å². The lowest BCUT2D eigenvalue weighted by molar-refractivity contribution is 0.319. The second kappa shape index (κ2) is 9.05. The van der Waals surface area contributed by atoms with E-state index < -0.39 is 10.0 Å². The number of rotatable bonds is 7. The number of hydrogen-bond donors (Lipinski definition) is 0. The number of piperazine rings is 1. The number of ether oxygens (including phenoxy) is 2. The molecule has 1 heterocycles. The van der Waals surface area contributed by atoms with Gasteiger partial charge in [0.25, 0.3) is 0 Å². The molecule has 29 heavy (non-hydrogen) atoms. The normalized spacial score (nSPS) is 15.4. The summed E-state index contributed by atoms with van der Waals surface area (Å²) in [5.74, 6) is 0.899. The number of hydrogen-bond acceptors (Lipinski definition) is 5. The van der Waals surface area contributed by atoms with Crippen molar-refractivity contribution < 1.29 is 17.9 Å². The average Bonchev–Trinajstić information content (AvgIpc) is 2.69. The van der Waals surface area contributed by atoms with Crippen LogP contribution in [0.5, 0.6) is 11.5 Å². The Hall–Kier alpha value is -2.25. The smallest absolute Gasteiger partial charge is 0.247 e. The monoisotopic (exact) mass is 418 g/mol. The van der Waals surface area contributed by atoms with Gasteiger partial charge in [-0.3, -0.25) is 0 Å². The van der Waals surface area contributed by atoms with E-state index in [1.54, 1.807) is 22.5 Å². The Labute approximate surface area is 174 Å². The molecule has 2 aromatic rings. The van der Waals surface area contributed by atoms with E-state index in [-0.39, 0.29) is 4.90 Å². The number of anilines is 1. The van der Waals surface area contributed by atoms with E-state index in [0.29, 0.717) is 50.9 Å². The molecule has 0 aromatic heterocycles. The molecule has 6 nitrogen and oxygen atoms in total. The van der Waals surface area contributed by atoms with Gasteiger partial charge >= 0.3 is 0 Å². The summed E-state index contributed by atoms with van der Waals surface area (Å²) in [4.78, 5) is 2.42. The highest BCUT2D eigenvalue weighted by atomic mass is 32.2. The van der Waals surface area contributed by atoms with Crippen molar-refractivity contribution in [1.82, 2.24) is 4.31 Å². The summed E-state index contributed by atoms with van der Waals surface area (Å²) in [7, 11) is -3.68. The molecule has 0 unspecified atom stereocenters. The maximum atomic E-state index is 13.4. The minimum Gasteiger partial charge on any atom is -0.494 e. The first kappa shape index (κ1) is 21.5. The second-order valence-corrected chi connectivity index (χ2v) is 9.06. The second-order valence-electron chi connectivity index (χ2n) is 7.16. The lowest BCUT2D eigenvalue weighted by Gasteiger charge is -2.36. The van der Waals surface area contributed by atoms with Crippen molar-refractivity contribution in [1.29, 1.82) is 0 Å². The van der Waals surface area contributed by atoms with Crippen LogP contribution in [0.4, 0.5) is 5.69 Å². The molecule has 1 aliphatic heterocycles. The van der Waals surface area contributed by atoms with E-state index in [1.807, 2.05) is 13.8 Å². The van der Waals surface area contributed by atoms with Crippen LogP contribution in [-0.2, 0) is 10.0 Å². The van der Waals surface area contributed by atoms with Crippen LogP contribution in [0.2, 0.25) is 0 Å². The fourth-order valence-corrected chi connectivity index (χ4v) is 5.26. The zero-order valence-corrected chi connectivity index (χ0v) is 18.5. The number of aryl methyl sites for hydroxylation is 2. The molecular formula is C22H30N2O4S. The van der Waals surface area contributed by atoms with E-state index >= 15 is 0 Å². The van der Waals surface area contributed by atoms with Crippen molar-refractivity contribution in [2.24, 2.45) is 0 Å². The van der Waals surface area contributed by atoms with Crippen molar-refractivity contribution in [2.75, 3.05) is 44.3 Å². The van der Waals surface area contributed by atoms with Gasteiger partial charge in [0.15, 0.2) is 0 Å². The standard InChI is InChI=1S/C22H30N2O4S/c1-5-27-19-8-10-21(28-6-2)22(16-19)29(25,26)24-13-11-23(12-14-24)20-9-7-17(3)15-18(20)4/h7-10,15-16H,5-6,11-14H2,1-4H3. The van der Waals surface area contributed by atoms with Crippen LogP contribution in [0, 0.1) is 13.8 Å². The van der Waals surface area contributed by atoms with Crippen LogP contribution < -0.4 is 14.4 Å². The highest BCUT2D eigenvalue weighted by Gasteiger charge is 2.31. The Balaban J connectivity index is 1.81. The molecule has 158 valence electrons. The summed E-state index contributed by atoms with van der Waals surface area (Å²) in [6.07, 6.45) is 0. The molecule has 0 saturated carbocycles. The van der Waals surface area contributed by atoms with Gasteiger partial charge in [-0.2, -0.15) is 4.31 Å². The molecule has 7 heteroatoms. The van der Waals surface area contributed by atoms with Crippen molar-refractivity contribution in [3.8, 4) is 11.5 Å². The maximum absolute atomic E-state index is 13.4. The summed E-state index contributed by atoms with van der Waals surface area (Å²) >= 11 is 0. The first-order valence-electron chi connectivity index (χ1n) is 10.1. The quantitative estimate of drug-likeness (QED) is 0.687. The molecule has 0 spiro atoms. The van der Waals surface area contributed by atoms with Crippen LogP contribution in [-0.4, -0.2) is 52.1 Å². The summed E-state index contributed by atoms with van der Waals surface area (Å²) in [6, 6.07) is 11.4. The van der Waals surface area contributed by atoms with Crippen LogP contribution >= 0.6 is 0 Å². The molecule has 0 amide bonds. The zero-order chi connectivity index (χ0) is 21.0. The van der Waals surface area contributed by atoms with Gasteiger partial charge in [0, 0.05) is 37.9 Å². The summed E-state index contributed by atoms with van der Waals surface area (Å²) < 4.78 is 39.4. The van der Waals surface area contributed by atoms with Crippen LogP contribution in [0.15, 0.2) is 41.3 Å². The largest absolute Gasteiger partial charge is 0.494 e. The maximum Gasteiger partial charge on any atom is 0.247 e. The molecular weight excluding hydrogens is 388 g/mol. The third-order valence-electron chi connectivity index (χ3n) is 5.08. The van der Waals surface area contributed by atoms with Gasteiger partial charge in [-0.15, -0.1) is 0 Å². The van der Waals surface area contributed by atoms with Gasteiger partial charge in [-0.1, -0.05) is 17.7 Å². The van der Waals surface area contributed by atoms with E-state index in [4.69, 9.17) is 9.47 Å². The molecule has 1 saturated heterocycles. The number of sulfonamides is 1. The van der Waals surface area contributed by atoms with Crippen LogP contribution in [0.1, 0.15) is 25.0 Å². The van der Waals surface area contributed by atoms with Crippen molar-refractivity contribution in [3.05, 3.63) is 47.5 Å². The Morgan fingerprint density at radius 2 is 1.59 bits per heavy atom. The zero-order valence-electron chi connectivity index (χ0n) is 17.6. The summed E-state index contributed by atoms with van der Waals surface area (Å²) in [6.45, 7) is 10.9. The van der Waals surface area contributed by atoms with E-state index in [0.717, 1.165) is 0 Å². The predicted octanol–water partition coefficient (Wildman–Crippen LogP) is 3.61. The molecule has 1 aliphatic rings. The van der Waals surface area contributed by atoms with Crippen molar-refractivity contribution in [3.63, 3.8) is 0 Å². The van der Waals surface area contributed by atoms with E-state index in [1.165, 1.54) is 16.8 Å². The molecule has 1 fully saturated rings. The van der Waals surface area contributed by atoms with Gasteiger partial charge in [-0.05, 0) is 51.5 Å². The van der Waals surface area contributed by atoms with Crippen molar-refractivity contribution >= 4 is 15.7 Å². The van der Waals surface area contributed by atoms with Gasteiger partial charge < -0.3 is 14.4 Å². The summed E-state index contributed by atoms with van der Waals surface area (Å²) in [5, 5.41) is 0. The minimum absolute atomic E-state index is 0.172. The highest BCUT2D eigenvalue weighted by molar-refractivity contribution is 7.89. The molecule has 0 N–H and O–H groups in total. The molecule has 3 rings (SSSR count). The molecule has 2 aromatic carbocycles. The Kier molecular flexibility index (Phi) is 6.70. The van der Waals surface area contributed by atoms with E-state index in [2.05, 4.69) is 36.9 Å². The Morgan fingerprint density at radius 1 is 0.897 bits per heavy atom. The SMILES string of the molecule is CCOc1ccc(OCC)c(S(=O)(=O)N2CCN(c3ccc(C)cc3C)CC2)c1. The molecule has 0 radical (unpaired) electrons. The molecule has 0 atom stereocenters. The number of nitrogens with zero attached hydrogens (tertiary/aromatic N) is 2. The Bertz CT molecular complexity index is 951. The van der Waals surface area contributed by atoms with Crippen LogP contribution in [0.3, 0.4) is 0 Å². The Morgan fingerprint density at radius 3 is 2.21 bits per heavy atom. The third-order valence-corrected chi connectivity index (χ3v) is 7.00. The first-order valence-corrected chi connectivity index (χ1v) is 11.5. The summed E-state index contributed by atoms with van der Waals surface area (Å²) in [5.41, 5.74) is 3.61. The van der Waals surface area contributed by atoms with Crippen molar-refractivity contribution in [2.45, 2.75) is 32.6 Å². The first-order chi connectivity index (χ1) is 13.9. The van der Waals surface area contributed by atoms with E-state index in [9.17, 15) is 8.42 Å². The number of benzene rings is 2. The average molecular weight is 419 g/mol. The van der Waals surface area contributed by atoms with Gasteiger partial charge in [0.2, 0.25) is 10.0 Å². The fourth-order valence-electron chi connectivity index (χ4n) is 3.69. The molecule has 0 bridgehead atoms. The lowest BCUT2D eigenvalue weighted by Crippen LogP contribution is -2.48. The minimum atomic E-state index is -3.68. The van der Waals surface area contributed by atoms with Crippen LogP contribution in [0.25, 0.3) is 0 Å². The lowest BCUT2D eigenvalue weighted by atomic mass is 10.1.